The van der Waals surface area contributed by atoms with Crippen molar-refractivity contribution >= 4 is 11.9 Å². The van der Waals surface area contributed by atoms with E-state index < -0.39 is 29.7 Å². The molecule has 1 aromatic carbocycles. The van der Waals surface area contributed by atoms with E-state index in [1.165, 1.54) is 18.2 Å². The summed E-state index contributed by atoms with van der Waals surface area (Å²) in [5.41, 5.74) is -1.46. The number of hydrogen-bond donors (Lipinski definition) is 5. The van der Waals surface area contributed by atoms with Crippen LogP contribution < -0.4 is 0 Å². The minimum atomic E-state index is -2.12. The van der Waals surface area contributed by atoms with Gasteiger partial charge in [-0.3, -0.25) is 0 Å². The second-order valence-electron chi connectivity index (χ2n) is 6.12. The molecule has 0 amide bonds. The first-order chi connectivity index (χ1) is 11.7. The number of carboxylic acid groups (broad SMARTS) is 1. The average Bonchev–Trinajstić information content (AvgIpc) is 2.49. The van der Waals surface area contributed by atoms with Crippen molar-refractivity contribution in [2.75, 3.05) is 0 Å². The number of aliphatic carboxylic acids is 1. The van der Waals surface area contributed by atoms with Crippen molar-refractivity contribution in [1.29, 1.82) is 0 Å². The van der Waals surface area contributed by atoms with Gasteiger partial charge in [-0.25, -0.2) is 9.59 Å². The van der Waals surface area contributed by atoms with E-state index in [-0.39, 0.29) is 30.8 Å². The molecule has 5 N–H and O–H groups in total. The molecule has 0 saturated heterocycles. The molecule has 0 radical (unpaired) electrons. The van der Waals surface area contributed by atoms with Gasteiger partial charge >= 0.3 is 11.9 Å². The highest BCUT2D eigenvalue weighted by molar-refractivity contribution is 5.82. The van der Waals surface area contributed by atoms with E-state index in [4.69, 9.17) is 9.84 Å². The summed E-state index contributed by atoms with van der Waals surface area (Å²) in [6.07, 6.45) is 0.412. The molecule has 0 aromatic heterocycles. The van der Waals surface area contributed by atoms with Crippen molar-refractivity contribution < 1.29 is 39.9 Å². The van der Waals surface area contributed by atoms with Gasteiger partial charge in [0.05, 0.1) is 6.10 Å². The molecule has 1 aliphatic carbocycles. The number of aliphatic hydroxyl groups is 2. The van der Waals surface area contributed by atoms with E-state index in [9.17, 15) is 30.0 Å². The summed E-state index contributed by atoms with van der Waals surface area (Å²) in [7, 11) is 0. The first kappa shape index (κ1) is 18.8. The number of carboxylic acids is 1. The van der Waals surface area contributed by atoms with Crippen LogP contribution >= 0.6 is 0 Å². The van der Waals surface area contributed by atoms with Crippen molar-refractivity contribution in [2.24, 2.45) is 0 Å². The predicted octanol–water partition coefficient (Wildman–Crippen LogP) is 0.469. The number of rotatable bonds is 5. The lowest BCUT2D eigenvalue weighted by Crippen LogP contribution is -2.50. The maximum absolute atomic E-state index is 11.8. The molecule has 1 saturated carbocycles. The van der Waals surface area contributed by atoms with E-state index in [0.29, 0.717) is 12.0 Å². The number of aromatic hydroxyl groups is 2. The Labute approximate surface area is 143 Å². The molecule has 0 unspecified atom stereocenters. The first-order valence-corrected chi connectivity index (χ1v) is 7.71. The third-order valence-corrected chi connectivity index (χ3v) is 4.00. The fourth-order valence-electron chi connectivity index (χ4n) is 2.78. The van der Waals surface area contributed by atoms with E-state index in [1.807, 2.05) is 0 Å². The van der Waals surface area contributed by atoms with E-state index in [2.05, 4.69) is 0 Å². The van der Waals surface area contributed by atoms with E-state index in [1.54, 1.807) is 6.07 Å². The van der Waals surface area contributed by atoms with Crippen LogP contribution in [-0.4, -0.2) is 55.3 Å². The minimum absolute atomic E-state index is 0.0566. The van der Waals surface area contributed by atoms with Crippen molar-refractivity contribution in [3.63, 3.8) is 0 Å². The number of allylic oxidation sites excluding steroid dienone is 1. The Morgan fingerprint density at radius 2 is 1.96 bits per heavy atom. The van der Waals surface area contributed by atoms with Gasteiger partial charge in [0.2, 0.25) is 0 Å². The summed E-state index contributed by atoms with van der Waals surface area (Å²) in [6.45, 7) is 0. The van der Waals surface area contributed by atoms with Crippen LogP contribution in [0.2, 0.25) is 0 Å². The van der Waals surface area contributed by atoms with Gasteiger partial charge < -0.3 is 30.3 Å². The van der Waals surface area contributed by atoms with Crippen LogP contribution in [0.4, 0.5) is 0 Å². The molecule has 25 heavy (non-hydrogen) atoms. The topological polar surface area (TPSA) is 145 Å². The number of benzene rings is 1. The monoisotopic (exact) mass is 352 g/mol. The number of aliphatic hydroxyl groups excluding tert-OH is 1. The van der Waals surface area contributed by atoms with E-state index >= 15 is 0 Å². The molecule has 1 aromatic rings. The van der Waals surface area contributed by atoms with Crippen molar-refractivity contribution in [2.45, 2.75) is 43.5 Å². The lowest BCUT2D eigenvalue weighted by atomic mass is 9.81. The van der Waals surface area contributed by atoms with Gasteiger partial charge in [0.1, 0.15) is 6.10 Å². The van der Waals surface area contributed by atoms with Crippen LogP contribution in [0.1, 0.15) is 24.8 Å². The smallest absolute Gasteiger partial charge is 0.335 e. The SMILES string of the molecule is O=C(/C=C/Cc1ccc(O)c(O)c1)O[C@H]1C[C@H](O)C[C@](O)(C(=O)O)C1. The minimum Gasteiger partial charge on any atom is -0.504 e. The molecule has 0 bridgehead atoms. The zero-order chi connectivity index (χ0) is 18.6. The van der Waals surface area contributed by atoms with Crippen LogP contribution in [0.3, 0.4) is 0 Å². The fraction of sp³-hybridized carbons (Fsp3) is 0.412. The highest BCUT2D eigenvalue weighted by atomic mass is 16.5. The summed E-state index contributed by atoms with van der Waals surface area (Å²) < 4.78 is 5.09. The van der Waals surface area contributed by atoms with Gasteiger partial charge in [-0.1, -0.05) is 12.1 Å². The Hall–Kier alpha value is -2.58. The Bertz CT molecular complexity index is 683. The predicted molar refractivity (Wildman–Crippen MR) is 84.9 cm³/mol. The maximum Gasteiger partial charge on any atom is 0.335 e. The van der Waals surface area contributed by atoms with Gasteiger partial charge in [0.15, 0.2) is 17.1 Å². The average molecular weight is 352 g/mol. The van der Waals surface area contributed by atoms with Gasteiger partial charge in [0.25, 0.3) is 0 Å². The van der Waals surface area contributed by atoms with Crippen LogP contribution in [0.5, 0.6) is 11.5 Å². The Kier molecular flexibility index (Phi) is 5.66. The quantitative estimate of drug-likeness (QED) is 0.292. The van der Waals surface area contributed by atoms with Crippen molar-refractivity contribution in [1.82, 2.24) is 0 Å². The number of carbonyl (C=O) groups excluding carboxylic acids is 1. The molecule has 0 aliphatic heterocycles. The normalized spacial score (nSPS) is 26.5. The molecule has 2 rings (SSSR count). The lowest BCUT2D eigenvalue weighted by Gasteiger charge is -2.35. The number of esters is 1. The third-order valence-electron chi connectivity index (χ3n) is 4.00. The van der Waals surface area contributed by atoms with Crippen molar-refractivity contribution in [3.8, 4) is 11.5 Å². The Morgan fingerprint density at radius 1 is 1.24 bits per heavy atom. The number of phenols is 2. The second kappa shape index (κ2) is 7.54. The summed E-state index contributed by atoms with van der Waals surface area (Å²) in [5, 5.41) is 47.3. The lowest BCUT2D eigenvalue weighted by molar-refractivity contribution is -0.178. The van der Waals surface area contributed by atoms with E-state index in [0.717, 1.165) is 6.08 Å². The van der Waals surface area contributed by atoms with Gasteiger partial charge in [-0.05, 0) is 24.1 Å². The van der Waals surface area contributed by atoms with Crippen LogP contribution in [0.15, 0.2) is 30.4 Å². The first-order valence-electron chi connectivity index (χ1n) is 7.71. The van der Waals surface area contributed by atoms with Crippen LogP contribution in [0.25, 0.3) is 0 Å². The third kappa shape index (κ3) is 4.94. The number of ether oxygens (including phenoxy) is 1. The molecule has 136 valence electrons. The standard InChI is InChI=1S/C17H20O8/c18-11-7-12(9-17(24,8-11)16(22)23)25-15(21)3-1-2-10-4-5-13(19)14(20)6-10/h1,3-6,11-12,18-20,24H,2,7-9H2,(H,22,23)/b3-1+/t11-,12-,17+/m0/s1. The van der Waals surface area contributed by atoms with Gasteiger partial charge in [-0.2, -0.15) is 0 Å². The summed E-state index contributed by atoms with van der Waals surface area (Å²) in [5.74, 6) is -2.70. The number of phenolic OH excluding ortho intramolecular Hbond substituents is 2. The fourth-order valence-corrected chi connectivity index (χ4v) is 2.78. The van der Waals surface area contributed by atoms with Crippen molar-refractivity contribution in [3.05, 3.63) is 35.9 Å². The zero-order valence-corrected chi connectivity index (χ0v) is 13.3. The largest absolute Gasteiger partial charge is 0.504 e. The molecule has 1 fully saturated rings. The molecule has 8 nitrogen and oxygen atoms in total. The molecular weight excluding hydrogens is 332 g/mol. The van der Waals surface area contributed by atoms with Gasteiger partial charge in [-0.15, -0.1) is 0 Å². The van der Waals surface area contributed by atoms with Gasteiger partial charge in [0, 0.05) is 25.3 Å². The second-order valence-corrected chi connectivity index (χ2v) is 6.12. The molecule has 3 atom stereocenters. The molecular formula is C17H20O8. The maximum atomic E-state index is 11.8. The summed E-state index contributed by atoms with van der Waals surface area (Å²) >= 11 is 0. The molecule has 0 heterocycles. The Balaban J connectivity index is 1.90. The summed E-state index contributed by atoms with van der Waals surface area (Å²) in [4.78, 5) is 22.9. The number of carbonyl (C=O) groups is 2. The molecule has 0 spiro atoms. The zero-order valence-electron chi connectivity index (χ0n) is 13.3. The summed E-state index contributed by atoms with van der Waals surface area (Å²) in [6, 6.07) is 4.26. The highest BCUT2D eigenvalue weighted by Gasteiger charge is 2.45. The van der Waals surface area contributed by atoms with Crippen LogP contribution in [0, 0.1) is 0 Å². The Morgan fingerprint density at radius 3 is 2.60 bits per heavy atom. The molecule has 1 aliphatic rings. The molecule has 8 heteroatoms. The number of hydrogen-bond acceptors (Lipinski definition) is 7. The highest BCUT2D eigenvalue weighted by Crippen LogP contribution is 2.31. The van der Waals surface area contributed by atoms with Crippen LogP contribution in [-0.2, 0) is 20.7 Å².